The zero-order valence-corrected chi connectivity index (χ0v) is 14.9. The summed E-state index contributed by atoms with van der Waals surface area (Å²) in [4.78, 5) is 25.6. The first-order valence-corrected chi connectivity index (χ1v) is 9.37. The van der Waals surface area contributed by atoms with E-state index in [0.29, 0.717) is 5.56 Å². The molecule has 2 atom stereocenters. The number of hydrogen-bond acceptors (Lipinski definition) is 4. The van der Waals surface area contributed by atoms with Crippen molar-refractivity contribution in [3.63, 3.8) is 0 Å². The van der Waals surface area contributed by atoms with E-state index >= 15 is 0 Å². The van der Waals surface area contributed by atoms with Gasteiger partial charge in [0.05, 0.1) is 28.9 Å². The molecule has 1 aliphatic heterocycles. The fourth-order valence-electron chi connectivity index (χ4n) is 3.52. The Morgan fingerprint density at radius 1 is 1.24 bits per heavy atom. The molecule has 132 valence electrons. The predicted octanol–water partition coefficient (Wildman–Crippen LogP) is 2.19. The van der Waals surface area contributed by atoms with Crippen LogP contribution in [-0.2, 0) is 0 Å². The second-order valence-electron chi connectivity index (χ2n) is 6.42. The molecule has 2 N–H and O–H groups in total. The van der Waals surface area contributed by atoms with Gasteiger partial charge in [-0.2, -0.15) is 0 Å². The molecule has 6 nitrogen and oxygen atoms in total. The van der Waals surface area contributed by atoms with Crippen molar-refractivity contribution < 1.29 is 14.6 Å². The second kappa shape index (κ2) is 7.76. The fraction of sp³-hybridized carbons (Fsp3) is 0.389. The van der Waals surface area contributed by atoms with Gasteiger partial charge in [0.1, 0.15) is 6.04 Å². The van der Waals surface area contributed by atoms with Gasteiger partial charge >= 0.3 is 0 Å². The summed E-state index contributed by atoms with van der Waals surface area (Å²) in [5.41, 5.74) is 0.432. The van der Waals surface area contributed by atoms with Crippen molar-refractivity contribution in [1.29, 1.82) is 0 Å². The van der Waals surface area contributed by atoms with Crippen molar-refractivity contribution in [2.75, 3.05) is 13.1 Å². The monoisotopic (exact) mass is 360 g/mol. The summed E-state index contributed by atoms with van der Waals surface area (Å²) < 4.78 is 0. The molecule has 0 unspecified atom stereocenters. The van der Waals surface area contributed by atoms with Crippen LogP contribution >= 0.6 is 11.3 Å². The number of hydrogen-bond donors (Lipinski definition) is 2. The van der Waals surface area contributed by atoms with E-state index < -0.39 is 4.92 Å². The number of likely N-dealkylation sites (tertiary alicyclic amines) is 1. The van der Waals surface area contributed by atoms with Crippen molar-refractivity contribution in [3.05, 3.63) is 62.3 Å². The standard InChI is InChI=1S/C18H21N3O3S/c1-13(17(16-5-4-12-25-16)20-10-2-3-11-20)19-18(22)14-6-8-15(9-7-14)21(23)24/h4-9,12-13,17H,2-3,10-11H2,1H3,(H,19,22)/p+1/t13-,17-/m1/s1. The number of thiophene rings is 1. The maximum absolute atomic E-state index is 12.5. The lowest BCUT2D eigenvalue weighted by Gasteiger charge is -2.29. The van der Waals surface area contributed by atoms with Crippen molar-refractivity contribution in [2.45, 2.75) is 31.8 Å². The average molecular weight is 360 g/mol. The minimum absolute atomic E-state index is 0.0115. The highest BCUT2D eigenvalue weighted by Crippen LogP contribution is 2.21. The van der Waals surface area contributed by atoms with Crippen LogP contribution in [0.15, 0.2) is 41.8 Å². The second-order valence-corrected chi connectivity index (χ2v) is 7.40. The number of carbonyl (C=O) groups is 1. The van der Waals surface area contributed by atoms with Crippen molar-refractivity contribution >= 4 is 22.9 Å². The fourth-order valence-corrected chi connectivity index (χ4v) is 4.51. The first-order valence-electron chi connectivity index (χ1n) is 8.49. The molecule has 7 heteroatoms. The molecule has 1 aromatic carbocycles. The van der Waals surface area contributed by atoms with E-state index in [9.17, 15) is 14.9 Å². The Balaban J connectivity index is 1.73. The predicted molar refractivity (Wildman–Crippen MR) is 97.0 cm³/mol. The zero-order valence-electron chi connectivity index (χ0n) is 14.1. The number of non-ortho nitro benzene ring substituents is 1. The topological polar surface area (TPSA) is 76.7 Å². The Kier molecular flexibility index (Phi) is 5.45. The van der Waals surface area contributed by atoms with Crippen LogP contribution in [-0.4, -0.2) is 30.0 Å². The number of carbonyl (C=O) groups excluding carboxylic acids is 1. The molecule has 1 fully saturated rings. The van der Waals surface area contributed by atoms with Crippen LogP contribution in [0.5, 0.6) is 0 Å². The lowest BCUT2D eigenvalue weighted by molar-refractivity contribution is -0.920. The van der Waals surface area contributed by atoms with Gasteiger partial charge in [-0.05, 0) is 30.5 Å². The molecular weight excluding hydrogens is 338 g/mol. The van der Waals surface area contributed by atoms with Gasteiger partial charge in [-0.1, -0.05) is 6.07 Å². The molecule has 0 spiro atoms. The number of quaternary nitrogens is 1. The smallest absolute Gasteiger partial charge is 0.269 e. The molecule has 0 bridgehead atoms. The molecule has 2 aromatic rings. The van der Waals surface area contributed by atoms with E-state index in [-0.39, 0.29) is 23.7 Å². The van der Waals surface area contributed by atoms with E-state index in [4.69, 9.17) is 0 Å². The largest absolute Gasteiger partial charge is 0.343 e. The first kappa shape index (κ1) is 17.6. The van der Waals surface area contributed by atoms with Crippen molar-refractivity contribution in [2.24, 2.45) is 0 Å². The number of rotatable bonds is 6. The third-order valence-electron chi connectivity index (χ3n) is 4.73. The average Bonchev–Trinajstić information content (AvgIpc) is 3.29. The Labute approximate surface area is 150 Å². The Bertz CT molecular complexity index is 725. The number of amides is 1. The molecule has 0 saturated carbocycles. The van der Waals surface area contributed by atoms with E-state index in [1.807, 2.05) is 13.0 Å². The molecule has 1 aliphatic rings. The minimum atomic E-state index is -0.464. The molecule has 0 aliphatic carbocycles. The number of benzene rings is 1. The van der Waals surface area contributed by atoms with Crippen molar-refractivity contribution in [3.8, 4) is 0 Å². The van der Waals surface area contributed by atoms with E-state index in [1.165, 1.54) is 46.9 Å². The van der Waals surface area contributed by atoms with Crippen LogP contribution in [0.4, 0.5) is 5.69 Å². The van der Waals surface area contributed by atoms with E-state index in [1.54, 1.807) is 11.3 Å². The van der Waals surface area contributed by atoms with E-state index in [0.717, 1.165) is 13.1 Å². The summed E-state index contributed by atoms with van der Waals surface area (Å²) in [6.45, 7) is 4.29. The summed E-state index contributed by atoms with van der Waals surface area (Å²) >= 11 is 1.73. The first-order chi connectivity index (χ1) is 12.1. The minimum Gasteiger partial charge on any atom is -0.343 e. The highest BCUT2D eigenvalue weighted by molar-refractivity contribution is 7.10. The van der Waals surface area contributed by atoms with Crippen LogP contribution in [0.3, 0.4) is 0 Å². The van der Waals surface area contributed by atoms with Gasteiger partial charge in [0.2, 0.25) is 0 Å². The van der Waals surface area contributed by atoms with Gasteiger partial charge in [-0.3, -0.25) is 14.9 Å². The molecule has 2 heterocycles. The highest BCUT2D eigenvalue weighted by atomic mass is 32.1. The zero-order chi connectivity index (χ0) is 17.8. The highest BCUT2D eigenvalue weighted by Gasteiger charge is 2.33. The number of nitro benzene ring substituents is 1. The summed E-state index contributed by atoms with van der Waals surface area (Å²) in [6.07, 6.45) is 2.44. The van der Waals surface area contributed by atoms with Crippen LogP contribution < -0.4 is 10.2 Å². The van der Waals surface area contributed by atoms with Crippen molar-refractivity contribution in [1.82, 2.24) is 5.32 Å². The molecular formula is C18H22N3O3S+. The van der Waals surface area contributed by atoms with Gasteiger partial charge < -0.3 is 10.2 Å². The molecule has 1 amide bonds. The lowest BCUT2D eigenvalue weighted by Crippen LogP contribution is -3.11. The van der Waals surface area contributed by atoms with Crippen LogP contribution in [0, 0.1) is 10.1 Å². The number of nitrogens with zero attached hydrogens (tertiary/aromatic N) is 1. The maximum Gasteiger partial charge on any atom is 0.269 e. The summed E-state index contributed by atoms with van der Waals surface area (Å²) in [5, 5.41) is 15.9. The van der Waals surface area contributed by atoms with Gasteiger partial charge in [0.15, 0.2) is 0 Å². The Morgan fingerprint density at radius 2 is 1.92 bits per heavy atom. The van der Waals surface area contributed by atoms with E-state index in [2.05, 4.69) is 16.8 Å². The molecule has 3 rings (SSSR count). The molecule has 0 radical (unpaired) electrons. The summed E-state index contributed by atoms with van der Waals surface area (Å²) in [7, 11) is 0. The normalized spacial score (nSPS) is 17.2. The van der Waals surface area contributed by atoms with Crippen LogP contribution in [0.1, 0.15) is 41.0 Å². The Hall–Kier alpha value is -2.25. The van der Waals surface area contributed by atoms with Gasteiger partial charge in [0, 0.05) is 30.5 Å². The number of nitrogens with one attached hydrogen (secondary N) is 2. The molecule has 25 heavy (non-hydrogen) atoms. The Morgan fingerprint density at radius 3 is 2.48 bits per heavy atom. The lowest BCUT2D eigenvalue weighted by atomic mass is 10.1. The number of nitro groups is 1. The quantitative estimate of drug-likeness (QED) is 0.612. The van der Waals surface area contributed by atoms with Gasteiger partial charge in [-0.25, -0.2) is 0 Å². The molecule has 1 aromatic heterocycles. The summed E-state index contributed by atoms with van der Waals surface area (Å²) in [5.74, 6) is -0.192. The third kappa shape index (κ3) is 4.05. The van der Waals surface area contributed by atoms with Gasteiger partial charge in [0.25, 0.3) is 11.6 Å². The maximum atomic E-state index is 12.5. The van der Waals surface area contributed by atoms with Gasteiger partial charge in [-0.15, -0.1) is 11.3 Å². The third-order valence-corrected chi connectivity index (χ3v) is 5.69. The SMILES string of the molecule is C[C@@H](NC(=O)c1ccc([N+](=O)[O-])cc1)[C@H](c1cccs1)[NH+]1CCCC1. The molecule has 1 saturated heterocycles. The van der Waals surface area contributed by atoms with Crippen LogP contribution in [0.2, 0.25) is 0 Å². The summed E-state index contributed by atoms with van der Waals surface area (Å²) in [6, 6.07) is 10.1. The van der Waals surface area contributed by atoms with Crippen LogP contribution in [0.25, 0.3) is 0 Å².